The van der Waals surface area contributed by atoms with Crippen LogP contribution in [0.2, 0.25) is 0 Å². The number of oxazole rings is 1. The molecule has 1 atom stereocenters. The predicted octanol–water partition coefficient (Wildman–Crippen LogP) is 5.29. The summed E-state index contributed by atoms with van der Waals surface area (Å²) in [7, 11) is 0. The Bertz CT molecular complexity index is 1090. The van der Waals surface area contributed by atoms with Crippen LogP contribution in [0.1, 0.15) is 28.6 Å². The molecule has 0 spiro atoms. The number of benzene rings is 3. The third-order valence-electron chi connectivity index (χ3n) is 5.06. The van der Waals surface area contributed by atoms with E-state index in [1.165, 1.54) is 5.56 Å². The van der Waals surface area contributed by atoms with Crippen LogP contribution in [0.5, 0.6) is 0 Å². The van der Waals surface area contributed by atoms with Crippen LogP contribution in [-0.4, -0.2) is 10.9 Å². The molecule has 0 unspecified atom stereocenters. The van der Waals surface area contributed by atoms with Crippen molar-refractivity contribution in [3.05, 3.63) is 114 Å². The SMILES string of the molecule is Cc1oc(-c2ccccc2)nc1CC(=O)N[C@H](Cc1ccccc1)c1ccccc1. The summed E-state index contributed by atoms with van der Waals surface area (Å²) in [6, 6.07) is 29.9. The summed E-state index contributed by atoms with van der Waals surface area (Å²) in [5.41, 5.74) is 3.82. The third-order valence-corrected chi connectivity index (χ3v) is 5.06. The lowest BCUT2D eigenvalue weighted by Gasteiger charge is -2.19. The lowest BCUT2D eigenvalue weighted by atomic mass is 9.98. The molecular formula is C26H24N2O2. The molecule has 4 nitrogen and oxygen atoms in total. The van der Waals surface area contributed by atoms with Gasteiger partial charge in [0.2, 0.25) is 11.8 Å². The van der Waals surface area contributed by atoms with Gasteiger partial charge in [-0.05, 0) is 36.6 Å². The second kappa shape index (κ2) is 9.23. The number of hydrogen-bond donors (Lipinski definition) is 1. The van der Waals surface area contributed by atoms with E-state index in [9.17, 15) is 4.79 Å². The molecule has 0 fully saturated rings. The molecule has 3 aromatic carbocycles. The summed E-state index contributed by atoms with van der Waals surface area (Å²) >= 11 is 0. The van der Waals surface area contributed by atoms with E-state index in [0.717, 1.165) is 17.5 Å². The third kappa shape index (κ3) is 4.84. The number of nitrogens with zero attached hydrogens (tertiary/aromatic N) is 1. The molecule has 0 bridgehead atoms. The molecule has 1 heterocycles. The number of amides is 1. The summed E-state index contributed by atoms with van der Waals surface area (Å²) in [4.78, 5) is 17.4. The minimum absolute atomic E-state index is 0.0733. The molecule has 30 heavy (non-hydrogen) atoms. The Morgan fingerprint density at radius 1 is 0.900 bits per heavy atom. The Balaban J connectivity index is 1.50. The average molecular weight is 396 g/mol. The molecule has 150 valence electrons. The fourth-order valence-electron chi connectivity index (χ4n) is 3.48. The van der Waals surface area contributed by atoms with Crippen LogP contribution in [0, 0.1) is 6.92 Å². The monoisotopic (exact) mass is 396 g/mol. The highest BCUT2D eigenvalue weighted by Gasteiger charge is 2.19. The molecule has 0 aliphatic heterocycles. The van der Waals surface area contributed by atoms with Crippen molar-refractivity contribution < 1.29 is 9.21 Å². The molecule has 0 aliphatic carbocycles. The smallest absolute Gasteiger partial charge is 0.226 e. The fourth-order valence-corrected chi connectivity index (χ4v) is 3.48. The predicted molar refractivity (Wildman–Crippen MR) is 118 cm³/mol. The van der Waals surface area contributed by atoms with Gasteiger partial charge in [0.1, 0.15) is 5.76 Å². The number of hydrogen-bond acceptors (Lipinski definition) is 3. The van der Waals surface area contributed by atoms with Gasteiger partial charge < -0.3 is 9.73 Å². The van der Waals surface area contributed by atoms with Gasteiger partial charge in [-0.1, -0.05) is 78.9 Å². The minimum Gasteiger partial charge on any atom is -0.441 e. The summed E-state index contributed by atoms with van der Waals surface area (Å²) in [6.07, 6.45) is 0.907. The van der Waals surface area contributed by atoms with Gasteiger partial charge in [0.15, 0.2) is 0 Å². The zero-order valence-corrected chi connectivity index (χ0v) is 16.9. The lowest BCUT2D eigenvalue weighted by Crippen LogP contribution is -2.31. The van der Waals surface area contributed by atoms with Gasteiger partial charge in [0, 0.05) is 5.56 Å². The lowest BCUT2D eigenvalue weighted by molar-refractivity contribution is -0.121. The molecule has 0 radical (unpaired) electrons. The van der Waals surface area contributed by atoms with E-state index in [4.69, 9.17) is 4.42 Å². The van der Waals surface area contributed by atoms with E-state index in [-0.39, 0.29) is 18.4 Å². The van der Waals surface area contributed by atoms with E-state index in [2.05, 4.69) is 22.4 Å². The van der Waals surface area contributed by atoms with Crippen LogP contribution in [0.3, 0.4) is 0 Å². The molecule has 4 heteroatoms. The largest absolute Gasteiger partial charge is 0.441 e. The number of rotatable bonds is 7. The van der Waals surface area contributed by atoms with Crippen LogP contribution >= 0.6 is 0 Å². The van der Waals surface area contributed by atoms with E-state index >= 15 is 0 Å². The molecule has 0 saturated heterocycles. The van der Waals surface area contributed by atoms with E-state index in [0.29, 0.717) is 17.3 Å². The van der Waals surface area contributed by atoms with Crippen molar-refractivity contribution in [1.29, 1.82) is 0 Å². The average Bonchev–Trinajstić information content (AvgIpc) is 3.15. The van der Waals surface area contributed by atoms with Crippen LogP contribution in [0.15, 0.2) is 95.4 Å². The van der Waals surface area contributed by atoms with E-state index in [1.807, 2.05) is 85.8 Å². The van der Waals surface area contributed by atoms with Gasteiger partial charge >= 0.3 is 0 Å². The second-order valence-electron chi connectivity index (χ2n) is 7.29. The highest BCUT2D eigenvalue weighted by molar-refractivity contribution is 5.79. The summed E-state index contributed by atoms with van der Waals surface area (Å²) in [6.45, 7) is 1.85. The number of aromatic nitrogens is 1. The van der Waals surface area contributed by atoms with Crippen LogP contribution in [0.25, 0.3) is 11.5 Å². The maximum atomic E-state index is 12.9. The van der Waals surface area contributed by atoms with Gasteiger partial charge in [-0.25, -0.2) is 4.98 Å². The number of carbonyl (C=O) groups is 1. The second-order valence-corrected chi connectivity index (χ2v) is 7.29. The van der Waals surface area contributed by atoms with Crippen molar-refractivity contribution in [2.45, 2.75) is 25.8 Å². The van der Waals surface area contributed by atoms with Gasteiger partial charge in [-0.2, -0.15) is 0 Å². The highest BCUT2D eigenvalue weighted by atomic mass is 16.4. The van der Waals surface area contributed by atoms with Crippen molar-refractivity contribution in [2.24, 2.45) is 0 Å². The molecule has 0 aliphatic rings. The topological polar surface area (TPSA) is 55.1 Å². The quantitative estimate of drug-likeness (QED) is 0.462. The van der Waals surface area contributed by atoms with Crippen molar-refractivity contribution in [3.8, 4) is 11.5 Å². The van der Waals surface area contributed by atoms with Crippen molar-refractivity contribution in [2.75, 3.05) is 0 Å². The molecule has 1 amide bonds. The molecule has 1 N–H and O–H groups in total. The summed E-state index contributed by atoms with van der Waals surface area (Å²) in [5, 5.41) is 3.19. The zero-order valence-electron chi connectivity index (χ0n) is 16.9. The van der Waals surface area contributed by atoms with Crippen molar-refractivity contribution in [3.63, 3.8) is 0 Å². The van der Waals surface area contributed by atoms with Gasteiger partial charge in [0.25, 0.3) is 0 Å². The first-order valence-electron chi connectivity index (χ1n) is 10.1. The number of nitrogens with one attached hydrogen (secondary N) is 1. The molecule has 4 rings (SSSR count). The Labute approximate surface area is 176 Å². The van der Waals surface area contributed by atoms with Gasteiger partial charge in [0.05, 0.1) is 18.2 Å². The normalized spacial score (nSPS) is 11.8. The minimum atomic E-state index is -0.109. The molecule has 0 saturated carbocycles. The standard InChI is InChI=1S/C26H24N2O2/c1-19-23(28-26(30-19)22-15-9-4-10-16-22)18-25(29)27-24(21-13-7-3-8-14-21)17-20-11-5-2-6-12-20/h2-16,24H,17-18H2,1H3,(H,27,29)/t24-/m1/s1. The Morgan fingerprint density at radius 3 is 2.17 bits per heavy atom. The van der Waals surface area contributed by atoms with E-state index < -0.39 is 0 Å². The van der Waals surface area contributed by atoms with Crippen molar-refractivity contribution >= 4 is 5.91 Å². The van der Waals surface area contributed by atoms with Crippen LogP contribution in [0.4, 0.5) is 0 Å². The molecule has 4 aromatic rings. The first-order chi connectivity index (χ1) is 14.7. The fraction of sp³-hybridized carbons (Fsp3) is 0.154. The maximum Gasteiger partial charge on any atom is 0.226 e. The highest BCUT2D eigenvalue weighted by Crippen LogP contribution is 2.23. The first-order valence-corrected chi connectivity index (χ1v) is 10.1. The van der Waals surface area contributed by atoms with Gasteiger partial charge in [-0.15, -0.1) is 0 Å². The zero-order chi connectivity index (χ0) is 20.8. The Kier molecular flexibility index (Phi) is 6.04. The van der Waals surface area contributed by atoms with Crippen molar-refractivity contribution in [1.82, 2.24) is 10.3 Å². The van der Waals surface area contributed by atoms with Crippen LogP contribution < -0.4 is 5.32 Å². The number of aryl methyl sites for hydroxylation is 1. The maximum absolute atomic E-state index is 12.9. The van der Waals surface area contributed by atoms with Gasteiger partial charge in [-0.3, -0.25) is 4.79 Å². The Hall–Kier alpha value is -3.66. The van der Waals surface area contributed by atoms with E-state index in [1.54, 1.807) is 0 Å². The van der Waals surface area contributed by atoms with Crippen LogP contribution in [-0.2, 0) is 17.6 Å². The Morgan fingerprint density at radius 2 is 1.50 bits per heavy atom. The first kappa shape index (κ1) is 19.6. The number of carbonyl (C=O) groups excluding carboxylic acids is 1. The molecule has 1 aromatic heterocycles. The summed E-state index contributed by atoms with van der Waals surface area (Å²) in [5.74, 6) is 1.14. The summed E-state index contributed by atoms with van der Waals surface area (Å²) < 4.78 is 5.80. The molecular weight excluding hydrogens is 372 g/mol.